The summed E-state index contributed by atoms with van der Waals surface area (Å²) in [5.41, 5.74) is 1.95. The van der Waals surface area contributed by atoms with Gasteiger partial charge in [-0.25, -0.2) is 0 Å². The molecule has 1 aliphatic heterocycles. The minimum absolute atomic E-state index is 0.126. The molecule has 3 nitrogen and oxygen atoms in total. The van der Waals surface area contributed by atoms with Crippen molar-refractivity contribution in [1.82, 2.24) is 5.32 Å². The molecule has 2 atom stereocenters. The van der Waals surface area contributed by atoms with Crippen molar-refractivity contribution in [1.29, 1.82) is 0 Å². The summed E-state index contributed by atoms with van der Waals surface area (Å²) in [5.74, 6) is 2.33. The fourth-order valence-corrected chi connectivity index (χ4v) is 3.34. The Kier molecular flexibility index (Phi) is 4.69. The number of benzene rings is 2. The largest absolute Gasteiger partial charge is 0.457 e. The van der Waals surface area contributed by atoms with Crippen molar-refractivity contribution in [2.45, 2.75) is 32.2 Å². The van der Waals surface area contributed by atoms with E-state index in [2.05, 4.69) is 24.4 Å². The quantitative estimate of drug-likeness (QED) is 0.877. The number of nitrogens with one attached hydrogen (secondary N) is 1. The van der Waals surface area contributed by atoms with Crippen LogP contribution in [0.5, 0.6) is 11.5 Å². The maximum Gasteiger partial charge on any atom is 0.130 e. The third kappa shape index (κ3) is 3.26. The SMILES string of the molecule is CC[C@@H]1CN[C@](CO)(c2ccc(Oc3ccccc3C)cc2)C1. The summed E-state index contributed by atoms with van der Waals surface area (Å²) < 4.78 is 5.95. The lowest BCUT2D eigenvalue weighted by Crippen LogP contribution is -2.40. The molecule has 1 saturated heterocycles. The molecule has 3 heteroatoms. The van der Waals surface area contributed by atoms with Crippen LogP contribution in [0.4, 0.5) is 0 Å². The first kappa shape index (κ1) is 16.0. The van der Waals surface area contributed by atoms with E-state index in [-0.39, 0.29) is 12.1 Å². The molecule has 2 N–H and O–H groups in total. The average Bonchev–Trinajstić information content (AvgIpc) is 3.03. The number of ether oxygens (including phenoxy) is 1. The Morgan fingerprint density at radius 3 is 2.52 bits per heavy atom. The third-order valence-corrected chi connectivity index (χ3v) is 4.94. The van der Waals surface area contributed by atoms with Gasteiger partial charge in [-0.05, 0) is 55.1 Å². The molecule has 0 unspecified atom stereocenters. The first-order chi connectivity index (χ1) is 11.2. The van der Waals surface area contributed by atoms with Crippen LogP contribution in [0.25, 0.3) is 0 Å². The molecule has 1 heterocycles. The summed E-state index contributed by atoms with van der Waals surface area (Å²) in [4.78, 5) is 0. The highest BCUT2D eigenvalue weighted by molar-refractivity contribution is 5.39. The Hall–Kier alpha value is -1.84. The first-order valence-corrected chi connectivity index (χ1v) is 8.37. The zero-order chi connectivity index (χ0) is 16.3. The number of aliphatic hydroxyl groups is 1. The predicted molar refractivity (Wildman–Crippen MR) is 92.9 cm³/mol. The Bertz CT molecular complexity index is 653. The number of hydrogen-bond acceptors (Lipinski definition) is 3. The summed E-state index contributed by atoms with van der Waals surface area (Å²) in [6, 6.07) is 16.1. The van der Waals surface area contributed by atoms with Gasteiger partial charge in [0.25, 0.3) is 0 Å². The third-order valence-electron chi connectivity index (χ3n) is 4.94. The highest BCUT2D eigenvalue weighted by Crippen LogP contribution is 2.36. The monoisotopic (exact) mass is 311 g/mol. The standard InChI is InChI=1S/C20H25NO2/c1-3-16-12-20(14-22,21-13-16)17-8-10-18(11-9-17)23-19-7-5-4-6-15(19)2/h4-11,16,21-22H,3,12-14H2,1-2H3/t16-,20+/m0/s1. The van der Waals surface area contributed by atoms with E-state index in [1.54, 1.807) is 0 Å². The van der Waals surface area contributed by atoms with Crippen molar-refractivity contribution < 1.29 is 9.84 Å². The van der Waals surface area contributed by atoms with Gasteiger partial charge >= 0.3 is 0 Å². The van der Waals surface area contributed by atoms with Gasteiger partial charge < -0.3 is 15.2 Å². The average molecular weight is 311 g/mol. The second-order valence-corrected chi connectivity index (χ2v) is 6.49. The molecular weight excluding hydrogens is 286 g/mol. The van der Waals surface area contributed by atoms with Gasteiger partial charge in [0.1, 0.15) is 11.5 Å². The highest BCUT2D eigenvalue weighted by atomic mass is 16.5. The maximum absolute atomic E-state index is 9.93. The van der Waals surface area contributed by atoms with Crippen LogP contribution in [-0.4, -0.2) is 18.3 Å². The highest BCUT2D eigenvalue weighted by Gasteiger charge is 2.38. The van der Waals surface area contributed by atoms with Gasteiger partial charge in [-0.1, -0.05) is 43.7 Å². The van der Waals surface area contributed by atoms with Crippen LogP contribution >= 0.6 is 0 Å². The molecule has 0 saturated carbocycles. The number of rotatable bonds is 5. The van der Waals surface area contributed by atoms with Gasteiger partial charge in [0.15, 0.2) is 0 Å². The van der Waals surface area contributed by atoms with Crippen LogP contribution in [0.2, 0.25) is 0 Å². The number of aryl methyl sites for hydroxylation is 1. The summed E-state index contributed by atoms with van der Waals surface area (Å²) in [6.07, 6.45) is 2.13. The van der Waals surface area contributed by atoms with Gasteiger partial charge in [0, 0.05) is 0 Å². The van der Waals surface area contributed by atoms with Crippen molar-refractivity contribution in [2.75, 3.05) is 13.2 Å². The van der Waals surface area contributed by atoms with Crippen LogP contribution in [0.3, 0.4) is 0 Å². The molecule has 2 aromatic carbocycles. The van der Waals surface area contributed by atoms with Gasteiger partial charge in [-0.3, -0.25) is 0 Å². The molecule has 3 rings (SSSR count). The van der Waals surface area contributed by atoms with E-state index < -0.39 is 0 Å². The molecule has 23 heavy (non-hydrogen) atoms. The molecule has 0 spiro atoms. The van der Waals surface area contributed by atoms with Crippen molar-refractivity contribution >= 4 is 0 Å². The Balaban J connectivity index is 1.78. The second-order valence-electron chi connectivity index (χ2n) is 6.49. The Morgan fingerprint density at radius 1 is 1.17 bits per heavy atom. The molecule has 122 valence electrons. The van der Waals surface area contributed by atoms with Gasteiger partial charge in [-0.15, -0.1) is 0 Å². The van der Waals surface area contributed by atoms with Crippen LogP contribution < -0.4 is 10.1 Å². The fourth-order valence-electron chi connectivity index (χ4n) is 3.34. The van der Waals surface area contributed by atoms with E-state index >= 15 is 0 Å². The smallest absolute Gasteiger partial charge is 0.130 e. The van der Waals surface area contributed by atoms with E-state index in [0.717, 1.165) is 42.0 Å². The predicted octanol–water partition coefficient (Wildman–Crippen LogP) is 3.99. The normalized spacial score (nSPS) is 23.9. The van der Waals surface area contributed by atoms with Crippen LogP contribution in [0.15, 0.2) is 48.5 Å². The summed E-state index contributed by atoms with van der Waals surface area (Å²) in [5, 5.41) is 13.5. The molecule has 2 aromatic rings. The second kappa shape index (κ2) is 6.73. The zero-order valence-electron chi connectivity index (χ0n) is 13.9. The van der Waals surface area contributed by atoms with E-state index in [1.165, 1.54) is 0 Å². The molecule has 0 bridgehead atoms. The number of para-hydroxylation sites is 1. The summed E-state index contributed by atoms with van der Waals surface area (Å²) in [7, 11) is 0. The van der Waals surface area contributed by atoms with Crippen LogP contribution in [-0.2, 0) is 5.54 Å². The summed E-state index contributed by atoms with van der Waals surface area (Å²) >= 11 is 0. The Morgan fingerprint density at radius 2 is 1.91 bits per heavy atom. The van der Waals surface area contributed by atoms with Crippen molar-refractivity contribution in [2.24, 2.45) is 5.92 Å². The van der Waals surface area contributed by atoms with Gasteiger partial charge in [0.05, 0.1) is 12.1 Å². The lowest BCUT2D eigenvalue weighted by Gasteiger charge is -2.28. The van der Waals surface area contributed by atoms with E-state index in [4.69, 9.17) is 4.74 Å². The lowest BCUT2D eigenvalue weighted by molar-refractivity contribution is 0.175. The Labute approximate surface area is 138 Å². The lowest BCUT2D eigenvalue weighted by atomic mass is 9.85. The fraction of sp³-hybridized carbons (Fsp3) is 0.400. The van der Waals surface area contributed by atoms with Crippen LogP contribution in [0.1, 0.15) is 30.9 Å². The topological polar surface area (TPSA) is 41.5 Å². The molecule has 0 aromatic heterocycles. The molecule has 1 fully saturated rings. The minimum Gasteiger partial charge on any atom is -0.457 e. The van der Waals surface area contributed by atoms with Crippen molar-refractivity contribution in [3.63, 3.8) is 0 Å². The van der Waals surface area contributed by atoms with E-state index in [1.807, 2.05) is 43.3 Å². The van der Waals surface area contributed by atoms with Crippen molar-refractivity contribution in [3.05, 3.63) is 59.7 Å². The number of aliphatic hydroxyl groups excluding tert-OH is 1. The number of hydrogen-bond donors (Lipinski definition) is 2. The van der Waals surface area contributed by atoms with Crippen LogP contribution in [0, 0.1) is 12.8 Å². The van der Waals surface area contributed by atoms with Crippen molar-refractivity contribution in [3.8, 4) is 11.5 Å². The summed E-state index contributed by atoms with van der Waals surface area (Å²) in [6.45, 7) is 5.34. The van der Waals surface area contributed by atoms with E-state index in [9.17, 15) is 5.11 Å². The minimum atomic E-state index is -0.304. The molecular formula is C20H25NO2. The van der Waals surface area contributed by atoms with Gasteiger partial charge in [-0.2, -0.15) is 0 Å². The zero-order valence-corrected chi connectivity index (χ0v) is 13.9. The van der Waals surface area contributed by atoms with Gasteiger partial charge in [0.2, 0.25) is 0 Å². The van der Waals surface area contributed by atoms with E-state index in [0.29, 0.717) is 5.92 Å². The first-order valence-electron chi connectivity index (χ1n) is 8.37. The maximum atomic E-state index is 9.93. The molecule has 0 aliphatic carbocycles. The molecule has 0 radical (unpaired) electrons. The molecule has 0 amide bonds. The molecule has 1 aliphatic rings.